The molecule has 0 atom stereocenters. The number of ether oxygens (including phenoxy) is 2. The monoisotopic (exact) mass is 381 g/mol. The van der Waals surface area contributed by atoms with Gasteiger partial charge in [-0.1, -0.05) is 6.07 Å². The van der Waals surface area contributed by atoms with Gasteiger partial charge in [0.2, 0.25) is 6.54 Å². The lowest BCUT2D eigenvalue weighted by Gasteiger charge is -2.18. The number of esters is 2. The first-order valence-electron chi connectivity index (χ1n) is 7.01. The summed E-state index contributed by atoms with van der Waals surface area (Å²) in [5.74, 6) is -0.689. The number of pyridine rings is 1. The van der Waals surface area contributed by atoms with Gasteiger partial charge in [0.1, 0.15) is 5.60 Å². The summed E-state index contributed by atoms with van der Waals surface area (Å²) in [6.45, 7) is 5.62. The van der Waals surface area contributed by atoms with Gasteiger partial charge < -0.3 is 26.5 Å². The van der Waals surface area contributed by atoms with Gasteiger partial charge in [-0.15, -0.1) is 0 Å². The predicted molar refractivity (Wildman–Crippen MR) is 81.3 cm³/mol. The number of nitrogens with zero attached hydrogens (tertiary/aromatic N) is 1. The Labute approximate surface area is 146 Å². The molecule has 1 aromatic carbocycles. The van der Waals surface area contributed by atoms with Gasteiger partial charge in [0.15, 0.2) is 12.4 Å². The zero-order chi connectivity index (χ0) is 16.3. The van der Waals surface area contributed by atoms with E-state index in [9.17, 15) is 9.59 Å². The lowest BCUT2D eigenvalue weighted by Crippen LogP contribution is -3.00. The number of benzene rings is 1. The van der Waals surface area contributed by atoms with Crippen LogP contribution in [0.25, 0.3) is 10.8 Å². The third-order valence-corrected chi connectivity index (χ3v) is 2.99. The molecule has 0 aliphatic heterocycles. The molecule has 0 bridgehead atoms. The zero-order valence-corrected chi connectivity index (χ0v) is 15.2. The van der Waals surface area contributed by atoms with Gasteiger partial charge in [0.05, 0.1) is 12.7 Å². The molecule has 5 nitrogen and oxygen atoms in total. The quantitative estimate of drug-likeness (QED) is 0.519. The van der Waals surface area contributed by atoms with E-state index in [-0.39, 0.29) is 35.5 Å². The van der Waals surface area contributed by atoms with E-state index in [4.69, 9.17) is 9.47 Å². The number of hydrogen-bond acceptors (Lipinski definition) is 4. The van der Waals surface area contributed by atoms with Gasteiger partial charge in [-0.25, -0.2) is 9.59 Å². The van der Waals surface area contributed by atoms with Crippen LogP contribution in [0.5, 0.6) is 0 Å². The van der Waals surface area contributed by atoms with E-state index in [0.717, 1.165) is 10.8 Å². The molecule has 6 heteroatoms. The minimum Gasteiger partial charge on any atom is -1.00 e. The van der Waals surface area contributed by atoms with Crippen molar-refractivity contribution in [2.24, 2.45) is 0 Å². The number of carbonyl (C=O) groups is 2. The molecule has 0 fully saturated rings. The Hall–Kier alpha value is -1.95. The summed E-state index contributed by atoms with van der Waals surface area (Å²) in [6.07, 6.45) is 3.62. The molecule has 2 rings (SSSR count). The van der Waals surface area contributed by atoms with Crippen LogP contribution in [-0.2, 0) is 20.8 Å². The lowest BCUT2D eigenvalue weighted by atomic mass is 10.1. The van der Waals surface area contributed by atoms with Crippen LogP contribution in [0.1, 0.15) is 31.1 Å². The fraction of sp³-hybridized carbons (Fsp3) is 0.353. The van der Waals surface area contributed by atoms with E-state index < -0.39 is 5.60 Å². The Balaban J connectivity index is 0.00000264. The third-order valence-electron chi connectivity index (χ3n) is 2.99. The van der Waals surface area contributed by atoms with Gasteiger partial charge in [-0.3, -0.25) is 0 Å². The summed E-state index contributed by atoms with van der Waals surface area (Å²) in [6, 6.07) is 7.19. The van der Waals surface area contributed by atoms with Crippen molar-refractivity contribution >= 4 is 22.7 Å². The molecule has 0 amide bonds. The normalized spacial score (nSPS) is 10.8. The van der Waals surface area contributed by atoms with Crippen molar-refractivity contribution < 1.29 is 40.6 Å². The molecule has 1 heterocycles. The molecular formula is C17H20BrNO4. The summed E-state index contributed by atoms with van der Waals surface area (Å²) in [4.78, 5) is 23.4. The Morgan fingerprint density at radius 2 is 1.83 bits per heavy atom. The van der Waals surface area contributed by atoms with Crippen LogP contribution in [0, 0.1) is 0 Å². The van der Waals surface area contributed by atoms with Crippen LogP contribution < -0.4 is 21.5 Å². The topological polar surface area (TPSA) is 56.5 Å². The maximum Gasteiger partial charge on any atom is 0.373 e. The molecule has 0 N–H and O–H groups in total. The molecule has 0 unspecified atom stereocenters. The first kappa shape index (κ1) is 19.1. The Morgan fingerprint density at radius 1 is 1.13 bits per heavy atom. The van der Waals surface area contributed by atoms with Crippen molar-refractivity contribution in [1.29, 1.82) is 0 Å². The smallest absolute Gasteiger partial charge is 0.373 e. The second-order valence-corrected chi connectivity index (χ2v) is 6.04. The molecule has 2 aromatic rings. The van der Waals surface area contributed by atoms with E-state index in [1.54, 1.807) is 16.7 Å². The Kier molecular flexibility index (Phi) is 6.27. The molecule has 0 radical (unpaired) electrons. The van der Waals surface area contributed by atoms with Crippen LogP contribution in [0.3, 0.4) is 0 Å². The molecule has 0 aliphatic rings. The fourth-order valence-electron chi connectivity index (χ4n) is 2.10. The minimum absolute atomic E-state index is 0. The fourth-order valence-corrected chi connectivity index (χ4v) is 2.10. The highest BCUT2D eigenvalue weighted by Crippen LogP contribution is 2.14. The number of hydrogen-bond donors (Lipinski definition) is 0. The lowest BCUT2D eigenvalue weighted by molar-refractivity contribution is -0.684. The van der Waals surface area contributed by atoms with Crippen molar-refractivity contribution in [3.05, 3.63) is 42.2 Å². The molecule has 0 aliphatic carbocycles. The van der Waals surface area contributed by atoms with Crippen LogP contribution in [0.15, 0.2) is 36.7 Å². The van der Waals surface area contributed by atoms with Crippen molar-refractivity contribution in [1.82, 2.24) is 0 Å². The number of methoxy groups -OCH3 is 1. The predicted octanol–water partition coefficient (Wildman–Crippen LogP) is -0.740. The van der Waals surface area contributed by atoms with E-state index >= 15 is 0 Å². The van der Waals surface area contributed by atoms with Gasteiger partial charge in [-0.2, -0.15) is 4.57 Å². The average Bonchev–Trinajstić information content (AvgIpc) is 2.43. The molecular weight excluding hydrogens is 362 g/mol. The van der Waals surface area contributed by atoms with Gasteiger partial charge >= 0.3 is 11.9 Å². The highest BCUT2D eigenvalue weighted by molar-refractivity contribution is 5.94. The first-order valence-corrected chi connectivity index (χ1v) is 7.01. The van der Waals surface area contributed by atoms with Gasteiger partial charge in [-0.05, 0) is 38.3 Å². The summed E-state index contributed by atoms with van der Waals surface area (Å²) in [5.41, 5.74) is -0.0305. The number of halogens is 1. The third kappa shape index (κ3) is 5.32. The van der Waals surface area contributed by atoms with Crippen molar-refractivity contribution in [3.8, 4) is 0 Å². The summed E-state index contributed by atoms with van der Waals surface area (Å²) in [7, 11) is 1.35. The zero-order valence-electron chi connectivity index (χ0n) is 13.6. The van der Waals surface area contributed by atoms with Crippen molar-refractivity contribution in [2.45, 2.75) is 32.9 Å². The number of aromatic nitrogens is 1. The molecule has 23 heavy (non-hydrogen) atoms. The summed E-state index contributed by atoms with van der Waals surface area (Å²) >= 11 is 0. The maximum absolute atomic E-state index is 11.9. The van der Waals surface area contributed by atoms with Crippen molar-refractivity contribution in [3.63, 3.8) is 0 Å². The largest absolute Gasteiger partial charge is 1.00 e. The molecule has 0 saturated carbocycles. The van der Waals surface area contributed by atoms with Gasteiger partial charge in [0, 0.05) is 11.5 Å². The highest BCUT2D eigenvalue weighted by atomic mass is 79.9. The summed E-state index contributed by atoms with van der Waals surface area (Å²) < 4.78 is 11.7. The van der Waals surface area contributed by atoms with E-state index in [0.29, 0.717) is 5.56 Å². The highest BCUT2D eigenvalue weighted by Gasteiger charge is 2.19. The van der Waals surface area contributed by atoms with E-state index in [2.05, 4.69) is 0 Å². The number of rotatable bonds is 3. The molecule has 1 aromatic heterocycles. The Bertz CT molecular complexity index is 722. The number of carbonyl (C=O) groups excluding carboxylic acids is 2. The SMILES string of the molecule is COC(=O)c1ccc2cc[n+](CC(=O)OC(C)(C)C)cc2c1.[Br-]. The maximum atomic E-state index is 11.9. The molecule has 124 valence electrons. The second-order valence-electron chi connectivity index (χ2n) is 6.04. The van der Waals surface area contributed by atoms with Gasteiger partial charge in [0.25, 0.3) is 0 Å². The minimum atomic E-state index is -0.507. The van der Waals surface area contributed by atoms with Crippen LogP contribution in [0.4, 0.5) is 0 Å². The van der Waals surface area contributed by atoms with Crippen LogP contribution in [0.2, 0.25) is 0 Å². The van der Waals surface area contributed by atoms with Crippen molar-refractivity contribution in [2.75, 3.05) is 7.11 Å². The molecule has 0 spiro atoms. The summed E-state index contributed by atoms with van der Waals surface area (Å²) in [5, 5.41) is 1.84. The van der Waals surface area contributed by atoms with Crippen LogP contribution >= 0.6 is 0 Å². The van der Waals surface area contributed by atoms with E-state index in [1.165, 1.54) is 7.11 Å². The average molecular weight is 382 g/mol. The Morgan fingerprint density at radius 3 is 2.43 bits per heavy atom. The van der Waals surface area contributed by atoms with E-state index in [1.807, 2.05) is 45.3 Å². The molecule has 0 saturated heterocycles. The number of fused-ring (bicyclic) bond motifs is 1. The first-order chi connectivity index (χ1) is 10.3. The second kappa shape index (κ2) is 7.55. The van der Waals surface area contributed by atoms with Crippen LogP contribution in [-0.4, -0.2) is 24.6 Å². The standard InChI is InChI=1S/C17H20NO4.BrH/c1-17(2,3)22-15(19)11-18-8-7-12-5-6-13(16(20)21-4)9-14(12)10-18;/h5-10H,11H2,1-4H3;1H/q+1;/p-1.